The summed E-state index contributed by atoms with van der Waals surface area (Å²) in [4.78, 5) is 23.5. The highest BCUT2D eigenvalue weighted by molar-refractivity contribution is 6.03. The predicted molar refractivity (Wildman–Crippen MR) is 60.6 cm³/mol. The molecule has 1 saturated carbocycles. The summed E-state index contributed by atoms with van der Waals surface area (Å²) in [6.45, 7) is 5.94. The average molecular weight is 210 g/mol. The maximum Gasteiger partial charge on any atom is 0.145 e. The van der Waals surface area contributed by atoms with Crippen molar-refractivity contribution in [1.82, 2.24) is 0 Å². The number of ketones is 2. The summed E-state index contributed by atoms with van der Waals surface area (Å²) in [6, 6.07) is 0. The number of Topliss-reactive ketones (excluding diaryl/α,β-unsaturated/α-hetero) is 2. The zero-order valence-electron chi connectivity index (χ0n) is 10.1. The molecule has 2 atom stereocenters. The molecule has 0 spiro atoms. The number of hydrogen-bond acceptors (Lipinski definition) is 2. The van der Waals surface area contributed by atoms with Crippen molar-refractivity contribution in [3.05, 3.63) is 0 Å². The molecule has 15 heavy (non-hydrogen) atoms. The van der Waals surface area contributed by atoms with E-state index in [-0.39, 0.29) is 23.4 Å². The van der Waals surface area contributed by atoms with Crippen LogP contribution in [0.25, 0.3) is 0 Å². The van der Waals surface area contributed by atoms with Crippen molar-refractivity contribution in [1.29, 1.82) is 0 Å². The number of carbonyl (C=O) groups is 2. The lowest BCUT2D eigenvalue weighted by atomic mass is 9.75. The van der Waals surface area contributed by atoms with Crippen molar-refractivity contribution in [3.8, 4) is 0 Å². The van der Waals surface area contributed by atoms with Gasteiger partial charge >= 0.3 is 0 Å². The second kappa shape index (κ2) is 5.43. The molecule has 0 aromatic rings. The Hall–Kier alpha value is -0.660. The van der Waals surface area contributed by atoms with E-state index in [1.807, 2.05) is 13.8 Å². The van der Waals surface area contributed by atoms with Crippen LogP contribution in [0.4, 0.5) is 0 Å². The van der Waals surface area contributed by atoms with Gasteiger partial charge in [0.1, 0.15) is 11.6 Å². The highest BCUT2D eigenvalue weighted by Crippen LogP contribution is 2.31. The molecule has 0 aliphatic heterocycles. The molecule has 0 heterocycles. The lowest BCUT2D eigenvalue weighted by Crippen LogP contribution is -2.33. The third kappa shape index (κ3) is 3.15. The molecular weight excluding hydrogens is 188 g/mol. The first-order chi connectivity index (χ1) is 7.06. The Balaban J connectivity index is 2.61. The number of hydrogen-bond donors (Lipinski definition) is 0. The van der Waals surface area contributed by atoms with Crippen molar-refractivity contribution in [2.24, 2.45) is 17.8 Å². The Labute approximate surface area is 92.4 Å². The zero-order valence-corrected chi connectivity index (χ0v) is 10.1. The van der Waals surface area contributed by atoms with Crippen molar-refractivity contribution >= 4 is 11.6 Å². The van der Waals surface area contributed by atoms with Crippen LogP contribution in [0.2, 0.25) is 0 Å². The molecule has 2 unspecified atom stereocenters. The van der Waals surface area contributed by atoms with Crippen LogP contribution in [0.15, 0.2) is 0 Å². The second-order valence-corrected chi connectivity index (χ2v) is 5.01. The summed E-state index contributed by atoms with van der Waals surface area (Å²) in [6.07, 6.45) is 4.74. The van der Waals surface area contributed by atoms with Crippen LogP contribution in [0, 0.1) is 17.8 Å². The SMILES string of the molecule is CCCC1CCC(=O)C(C(=O)C(C)C)C1. The fourth-order valence-corrected chi connectivity index (χ4v) is 2.45. The van der Waals surface area contributed by atoms with Gasteiger partial charge in [-0.25, -0.2) is 0 Å². The molecule has 1 aliphatic carbocycles. The molecular formula is C13H22O2. The second-order valence-electron chi connectivity index (χ2n) is 5.01. The predicted octanol–water partition coefficient (Wildman–Crippen LogP) is 3.00. The smallest absolute Gasteiger partial charge is 0.145 e. The van der Waals surface area contributed by atoms with Crippen molar-refractivity contribution in [2.75, 3.05) is 0 Å². The van der Waals surface area contributed by atoms with Crippen LogP contribution in [-0.2, 0) is 9.59 Å². The van der Waals surface area contributed by atoms with Gasteiger partial charge < -0.3 is 0 Å². The summed E-state index contributed by atoms with van der Waals surface area (Å²) >= 11 is 0. The minimum absolute atomic E-state index is 0.000624. The molecule has 2 nitrogen and oxygen atoms in total. The van der Waals surface area contributed by atoms with Gasteiger partial charge in [-0.15, -0.1) is 0 Å². The minimum atomic E-state index is -0.282. The van der Waals surface area contributed by atoms with E-state index in [0.717, 1.165) is 25.7 Å². The van der Waals surface area contributed by atoms with Crippen LogP contribution in [-0.4, -0.2) is 11.6 Å². The zero-order chi connectivity index (χ0) is 11.4. The molecule has 0 aromatic carbocycles. The molecule has 0 N–H and O–H groups in total. The normalized spacial score (nSPS) is 27.1. The maximum atomic E-state index is 11.8. The molecule has 0 radical (unpaired) electrons. The summed E-state index contributed by atoms with van der Waals surface area (Å²) < 4.78 is 0. The molecule has 1 fully saturated rings. The summed E-state index contributed by atoms with van der Waals surface area (Å²) in [7, 11) is 0. The number of rotatable bonds is 4. The maximum absolute atomic E-state index is 11.8. The van der Waals surface area contributed by atoms with Crippen LogP contribution >= 0.6 is 0 Å². The average Bonchev–Trinajstić information content (AvgIpc) is 2.20. The van der Waals surface area contributed by atoms with E-state index in [4.69, 9.17) is 0 Å². The quantitative estimate of drug-likeness (QED) is 0.668. The summed E-state index contributed by atoms with van der Waals surface area (Å²) in [5.74, 6) is 0.650. The van der Waals surface area contributed by atoms with E-state index in [2.05, 4.69) is 6.92 Å². The monoisotopic (exact) mass is 210 g/mol. The standard InChI is InChI=1S/C13H22O2/c1-4-5-10-6-7-12(14)11(8-10)13(15)9(2)3/h9-11H,4-8H2,1-3H3. The fraction of sp³-hybridized carbons (Fsp3) is 0.846. The van der Waals surface area contributed by atoms with Crippen LogP contribution in [0.5, 0.6) is 0 Å². The molecule has 0 amide bonds. The lowest BCUT2D eigenvalue weighted by Gasteiger charge is -2.27. The van der Waals surface area contributed by atoms with E-state index in [9.17, 15) is 9.59 Å². The Bertz CT molecular complexity index is 243. The first-order valence-electron chi connectivity index (χ1n) is 6.12. The highest BCUT2D eigenvalue weighted by Gasteiger charge is 2.34. The van der Waals surface area contributed by atoms with Gasteiger partial charge in [0.2, 0.25) is 0 Å². The highest BCUT2D eigenvalue weighted by atomic mass is 16.2. The van der Waals surface area contributed by atoms with Crippen molar-refractivity contribution in [2.45, 2.75) is 52.9 Å². The fourth-order valence-electron chi connectivity index (χ4n) is 2.45. The van der Waals surface area contributed by atoms with Gasteiger partial charge in [-0.3, -0.25) is 9.59 Å². The van der Waals surface area contributed by atoms with Crippen molar-refractivity contribution < 1.29 is 9.59 Å². The first kappa shape index (κ1) is 12.4. The van der Waals surface area contributed by atoms with Gasteiger partial charge in [0.05, 0.1) is 5.92 Å². The van der Waals surface area contributed by atoms with Crippen LogP contribution in [0.1, 0.15) is 52.9 Å². The molecule has 1 aliphatic rings. The van der Waals surface area contributed by atoms with E-state index >= 15 is 0 Å². The third-order valence-electron chi connectivity index (χ3n) is 3.37. The van der Waals surface area contributed by atoms with Gasteiger partial charge in [-0.2, -0.15) is 0 Å². The topological polar surface area (TPSA) is 34.1 Å². The Kier molecular flexibility index (Phi) is 4.49. The van der Waals surface area contributed by atoms with Gasteiger partial charge in [0, 0.05) is 12.3 Å². The summed E-state index contributed by atoms with van der Waals surface area (Å²) in [5.41, 5.74) is 0. The largest absolute Gasteiger partial charge is 0.299 e. The Morgan fingerprint density at radius 3 is 2.67 bits per heavy atom. The van der Waals surface area contributed by atoms with Gasteiger partial charge in [0.15, 0.2) is 0 Å². The molecule has 0 saturated heterocycles. The molecule has 86 valence electrons. The molecule has 0 bridgehead atoms. The van der Waals surface area contributed by atoms with E-state index < -0.39 is 0 Å². The summed E-state index contributed by atoms with van der Waals surface area (Å²) in [5, 5.41) is 0. The van der Waals surface area contributed by atoms with Crippen LogP contribution < -0.4 is 0 Å². The molecule has 1 rings (SSSR count). The minimum Gasteiger partial charge on any atom is -0.299 e. The lowest BCUT2D eigenvalue weighted by molar-refractivity contribution is -0.137. The van der Waals surface area contributed by atoms with E-state index in [1.165, 1.54) is 0 Å². The Morgan fingerprint density at radius 2 is 2.13 bits per heavy atom. The van der Waals surface area contributed by atoms with Gasteiger partial charge in [0.25, 0.3) is 0 Å². The van der Waals surface area contributed by atoms with E-state index in [0.29, 0.717) is 12.3 Å². The first-order valence-corrected chi connectivity index (χ1v) is 6.12. The number of carbonyl (C=O) groups excluding carboxylic acids is 2. The molecule has 0 aromatic heterocycles. The third-order valence-corrected chi connectivity index (χ3v) is 3.37. The Morgan fingerprint density at radius 1 is 1.47 bits per heavy atom. The van der Waals surface area contributed by atoms with Gasteiger partial charge in [-0.05, 0) is 18.8 Å². The molecule has 2 heteroatoms. The van der Waals surface area contributed by atoms with Crippen molar-refractivity contribution in [3.63, 3.8) is 0 Å². The van der Waals surface area contributed by atoms with E-state index in [1.54, 1.807) is 0 Å². The van der Waals surface area contributed by atoms with Gasteiger partial charge in [-0.1, -0.05) is 33.6 Å². The van der Waals surface area contributed by atoms with Crippen LogP contribution in [0.3, 0.4) is 0 Å².